The normalized spacial score (nSPS) is 17.5. The topological polar surface area (TPSA) is 120 Å². The van der Waals surface area contributed by atoms with Crippen molar-refractivity contribution in [3.05, 3.63) is 52.1 Å². The summed E-state index contributed by atoms with van der Waals surface area (Å²) in [6.07, 6.45) is 0. The van der Waals surface area contributed by atoms with Crippen molar-refractivity contribution in [2.75, 3.05) is 38.4 Å². The third-order valence-electron chi connectivity index (χ3n) is 5.03. The van der Waals surface area contributed by atoms with Gasteiger partial charge in [-0.05, 0) is 30.7 Å². The van der Waals surface area contributed by atoms with Gasteiger partial charge >= 0.3 is 0 Å². The number of hydrogen-bond acceptors (Lipinski definition) is 8. The van der Waals surface area contributed by atoms with E-state index >= 15 is 0 Å². The molecule has 0 aliphatic carbocycles. The number of nitro benzene ring substituents is 1. The first-order valence-electron chi connectivity index (χ1n) is 9.38. The lowest BCUT2D eigenvalue weighted by Crippen LogP contribution is -2.40. The molecule has 2 aliphatic rings. The summed E-state index contributed by atoms with van der Waals surface area (Å²) in [6, 6.07) is 8.98. The standard InChI is InChI=1S/C19H21N3O7S/c1-13(14-2-5-17-18(10-14)29-12-28-17)20-16-4-3-15(22(23)24)11-19(16)30(25,26)21-6-8-27-9-7-21/h2-5,10-11,13,20H,6-9,12H2,1H3. The lowest BCUT2D eigenvalue weighted by molar-refractivity contribution is -0.385. The van der Waals surface area contributed by atoms with Crippen LogP contribution in [0.5, 0.6) is 11.5 Å². The molecule has 0 saturated carbocycles. The molecule has 1 unspecified atom stereocenters. The van der Waals surface area contributed by atoms with Crippen molar-refractivity contribution < 1.29 is 27.6 Å². The first kappa shape index (κ1) is 20.4. The first-order chi connectivity index (χ1) is 14.4. The maximum atomic E-state index is 13.2. The van der Waals surface area contributed by atoms with Crippen LogP contribution in [-0.2, 0) is 14.8 Å². The van der Waals surface area contributed by atoms with Gasteiger partial charge < -0.3 is 19.5 Å². The fourth-order valence-electron chi connectivity index (χ4n) is 3.38. The number of rotatable bonds is 6. The van der Waals surface area contributed by atoms with E-state index < -0.39 is 14.9 Å². The highest BCUT2D eigenvalue weighted by Crippen LogP contribution is 2.36. The van der Waals surface area contributed by atoms with Crippen LogP contribution in [0.1, 0.15) is 18.5 Å². The number of fused-ring (bicyclic) bond motifs is 1. The second-order valence-corrected chi connectivity index (χ2v) is 8.84. The smallest absolute Gasteiger partial charge is 0.270 e. The molecule has 1 saturated heterocycles. The number of nitrogens with zero attached hydrogens (tertiary/aromatic N) is 2. The predicted molar refractivity (Wildman–Crippen MR) is 107 cm³/mol. The van der Waals surface area contributed by atoms with Crippen LogP contribution in [0.25, 0.3) is 0 Å². The number of nitro groups is 1. The highest BCUT2D eigenvalue weighted by atomic mass is 32.2. The van der Waals surface area contributed by atoms with E-state index in [9.17, 15) is 18.5 Å². The molecule has 1 atom stereocenters. The minimum absolute atomic E-state index is 0.133. The zero-order chi connectivity index (χ0) is 21.3. The van der Waals surface area contributed by atoms with Crippen LogP contribution in [0.3, 0.4) is 0 Å². The van der Waals surface area contributed by atoms with Gasteiger partial charge in [0.05, 0.1) is 23.8 Å². The minimum Gasteiger partial charge on any atom is -0.454 e. The summed E-state index contributed by atoms with van der Waals surface area (Å²) in [5, 5.41) is 14.4. The van der Waals surface area contributed by atoms with Crippen molar-refractivity contribution in [1.82, 2.24) is 4.31 Å². The molecular formula is C19H21N3O7S. The molecule has 2 aromatic carbocycles. The molecule has 1 fully saturated rings. The zero-order valence-electron chi connectivity index (χ0n) is 16.2. The Morgan fingerprint density at radius 1 is 1.10 bits per heavy atom. The maximum Gasteiger partial charge on any atom is 0.270 e. The number of hydrogen-bond donors (Lipinski definition) is 1. The van der Waals surface area contributed by atoms with Crippen LogP contribution in [-0.4, -0.2) is 50.7 Å². The molecule has 160 valence electrons. The summed E-state index contributed by atoms with van der Waals surface area (Å²) < 4.78 is 43.7. The second kappa shape index (κ2) is 8.09. The van der Waals surface area contributed by atoms with Gasteiger partial charge in [-0.3, -0.25) is 10.1 Å². The van der Waals surface area contributed by atoms with Crippen LogP contribution in [0.4, 0.5) is 11.4 Å². The van der Waals surface area contributed by atoms with Gasteiger partial charge in [-0.25, -0.2) is 8.42 Å². The van der Waals surface area contributed by atoms with Gasteiger partial charge in [0.1, 0.15) is 4.90 Å². The van der Waals surface area contributed by atoms with E-state index in [0.29, 0.717) is 11.5 Å². The fraction of sp³-hybridized carbons (Fsp3) is 0.368. The lowest BCUT2D eigenvalue weighted by atomic mass is 10.1. The zero-order valence-corrected chi connectivity index (χ0v) is 17.1. The summed E-state index contributed by atoms with van der Waals surface area (Å²) in [5.74, 6) is 1.27. The van der Waals surface area contributed by atoms with Gasteiger partial charge in [-0.2, -0.15) is 4.31 Å². The molecule has 0 amide bonds. The number of nitrogens with one attached hydrogen (secondary N) is 1. The van der Waals surface area contributed by atoms with Crippen LogP contribution >= 0.6 is 0 Å². The highest BCUT2D eigenvalue weighted by molar-refractivity contribution is 7.89. The molecule has 2 aromatic rings. The number of non-ortho nitro benzene ring substituents is 1. The van der Waals surface area contributed by atoms with Gasteiger partial charge in [0, 0.05) is 31.3 Å². The van der Waals surface area contributed by atoms with Gasteiger partial charge in [0.25, 0.3) is 5.69 Å². The average molecular weight is 435 g/mol. The van der Waals surface area contributed by atoms with E-state index in [2.05, 4.69) is 5.32 Å². The molecule has 30 heavy (non-hydrogen) atoms. The van der Waals surface area contributed by atoms with Gasteiger partial charge in [0.2, 0.25) is 16.8 Å². The first-order valence-corrected chi connectivity index (χ1v) is 10.8. The third-order valence-corrected chi connectivity index (χ3v) is 6.97. The van der Waals surface area contributed by atoms with Gasteiger partial charge in [-0.1, -0.05) is 6.07 Å². The number of ether oxygens (including phenoxy) is 3. The Bertz CT molecular complexity index is 1070. The van der Waals surface area contributed by atoms with Crippen LogP contribution < -0.4 is 14.8 Å². The van der Waals surface area contributed by atoms with Crippen LogP contribution in [0.2, 0.25) is 0 Å². The lowest BCUT2D eigenvalue weighted by Gasteiger charge is -2.27. The molecule has 11 heteroatoms. The number of benzene rings is 2. The quantitative estimate of drug-likeness (QED) is 0.543. The molecule has 0 radical (unpaired) electrons. The van der Waals surface area contributed by atoms with E-state index in [-0.39, 0.29) is 55.4 Å². The summed E-state index contributed by atoms with van der Waals surface area (Å²) in [6.45, 7) is 2.98. The number of anilines is 1. The molecule has 10 nitrogen and oxygen atoms in total. The Morgan fingerprint density at radius 3 is 2.57 bits per heavy atom. The largest absolute Gasteiger partial charge is 0.454 e. The predicted octanol–water partition coefficient (Wildman–Crippen LogP) is 2.52. The number of sulfonamides is 1. The Hall–Kier alpha value is -2.89. The van der Waals surface area contributed by atoms with Crippen molar-refractivity contribution in [1.29, 1.82) is 0 Å². The molecule has 2 aliphatic heterocycles. The molecule has 2 heterocycles. The van der Waals surface area contributed by atoms with Crippen molar-refractivity contribution in [3.63, 3.8) is 0 Å². The SMILES string of the molecule is CC(Nc1ccc([N+](=O)[O-])cc1S(=O)(=O)N1CCOCC1)c1ccc2c(c1)OCO2. The molecular weight excluding hydrogens is 414 g/mol. The Morgan fingerprint density at radius 2 is 1.83 bits per heavy atom. The molecule has 0 bridgehead atoms. The van der Waals surface area contributed by atoms with Crippen LogP contribution in [0, 0.1) is 10.1 Å². The highest BCUT2D eigenvalue weighted by Gasteiger charge is 2.31. The maximum absolute atomic E-state index is 13.2. The molecule has 0 aromatic heterocycles. The summed E-state index contributed by atoms with van der Waals surface area (Å²) in [7, 11) is -3.94. The summed E-state index contributed by atoms with van der Waals surface area (Å²) in [5.41, 5.74) is 0.854. The molecule has 1 N–H and O–H groups in total. The van der Waals surface area contributed by atoms with E-state index in [1.807, 2.05) is 19.1 Å². The van der Waals surface area contributed by atoms with Crippen molar-refractivity contribution in [2.45, 2.75) is 17.9 Å². The van der Waals surface area contributed by atoms with Gasteiger partial charge in [0.15, 0.2) is 11.5 Å². The third kappa shape index (κ3) is 3.91. The Kier molecular flexibility index (Phi) is 5.50. The van der Waals surface area contributed by atoms with E-state index in [4.69, 9.17) is 14.2 Å². The van der Waals surface area contributed by atoms with Gasteiger partial charge in [-0.15, -0.1) is 0 Å². The second-order valence-electron chi connectivity index (χ2n) is 6.93. The van der Waals surface area contributed by atoms with Crippen LogP contribution in [0.15, 0.2) is 41.3 Å². The molecule has 0 spiro atoms. The summed E-state index contributed by atoms with van der Waals surface area (Å²) in [4.78, 5) is 10.5. The Balaban J connectivity index is 1.67. The van der Waals surface area contributed by atoms with E-state index in [0.717, 1.165) is 11.6 Å². The Labute approximate surface area is 173 Å². The molecule has 4 rings (SSSR count). The summed E-state index contributed by atoms with van der Waals surface area (Å²) >= 11 is 0. The van der Waals surface area contributed by atoms with Crippen molar-refractivity contribution in [3.8, 4) is 11.5 Å². The van der Waals surface area contributed by atoms with Crippen molar-refractivity contribution >= 4 is 21.4 Å². The van der Waals surface area contributed by atoms with E-state index in [1.165, 1.54) is 16.4 Å². The number of morpholine rings is 1. The van der Waals surface area contributed by atoms with E-state index in [1.54, 1.807) is 6.07 Å². The monoisotopic (exact) mass is 435 g/mol. The minimum atomic E-state index is -3.94. The average Bonchev–Trinajstić information content (AvgIpc) is 3.22. The fourth-order valence-corrected chi connectivity index (χ4v) is 4.96. The van der Waals surface area contributed by atoms with Crippen molar-refractivity contribution in [2.24, 2.45) is 0 Å².